The van der Waals surface area contributed by atoms with Crippen LogP contribution in [0.15, 0.2) is 0 Å². The summed E-state index contributed by atoms with van der Waals surface area (Å²) in [5, 5.41) is 4.23. The highest BCUT2D eigenvalue weighted by molar-refractivity contribution is 6.35. The molecule has 0 unspecified atom stereocenters. The van der Waals surface area contributed by atoms with Crippen molar-refractivity contribution in [3.05, 3.63) is 0 Å². The Labute approximate surface area is 104 Å². The van der Waals surface area contributed by atoms with Crippen LogP contribution in [0.5, 0.6) is 0 Å². The smallest absolute Gasteiger partial charge is 0.328 e. The minimum atomic E-state index is -1.04. The fourth-order valence-corrected chi connectivity index (χ4v) is 0.996. The zero-order chi connectivity index (χ0) is 14.3. The Morgan fingerprint density at radius 1 is 0.778 bits per heavy atom. The highest BCUT2D eigenvalue weighted by atomic mass is 16.5. The number of rotatable bonds is 4. The molecule has 0 aromatic rings. The molecule has 0 aliphatic rings. The standard InChI is InChI=1S/C10H16N2O6/c1-5(9(15)17-3)11-7(13)8(14)12-6(2)10(16)18-4/h5-6H,1-4H3,(H,11,13)(H,12,14)/t5-,6-/m0/s1. The fraction of sp³-hybridized carbons (Fsp3) is 0.600. The van der Waals surface area contributed by atoms with Crippen molar-refractivity contribution in [2.75, 3.05) is 14.2 Å². The summed E-state index contributed by atoms with van der Waals surface area (Å²) in [7, 11) is 2.31. The number of methoxy groups -OCH3 is 2. The molecular formula is C10H16N2O6. The number of esters is 2. The molecule has 0 fully saturated rings. The van der Waals surface area contributed by atoms with Gasteiger partial charge in [-0.25, -0.2) is 9.59 Å². The molecule has 2 amide bonds. The Bertz CT molecular complexity index is 320. The minimum Gasteiger partial charge on any atom is -0.467 e. The van der Waals surface area contributed by atoms with Crippen molar-refractivity contribution in [1.29, 1.82) is 0 Å². The van der Waals surface area contributed by atoms with Crippen molar-refractivity contribution in [1.82, 2.24) is 10.6 Å². The number of carbonyl (C=O) groups excluding carboxylic acids is 4. The van der Waals surface area contributed by atoms with Crippen molar-refractivity contribution < 1.29 is 28.7 Å². The van der Waals surface area contributed by atoms with Crippen LogP contribution in [0.1, 0.15) is 13.8 Å². The van der Waals surface area contributed by atoms with Crippen LogP contribution in [0.4, 0.5) is 0 Å². The van der Waals surface area contributed by atoms with Gasteiger partial charge in [0.1, 0.15) is 12.1 Å². The van der Waals surface area contributed by atoms with Crippen molar-refractivity contribution in [3.8, 4) is 0 Å². The molecule has 0 aliphatic carbocycles. The van der Waals surface area contributed by atoms with E-state index in [0.717, 1.165) is 14.2 Å². The highest BCUT2D eigenvalue weighted by Gasteiger charge is 2.24. The SMILES string of the molecule is COC(=O)[C@H](C)NC(=O)C(=O)N[C@@H](C)C(=O)OC. The van der Waals surface area contributed by atoms with Crippen LogP contribution in [0.2, 0.25) is 0 Å². The maximum Gasteiger partial charge on any atom is 0.328 e. The molecule has 102 valence electrons. The second-order valence-corrected chi connectivity index (χ2v) is 3.44. The van der Waals surface area contributed by atoms with Gasteiger partial charge in [0.2, 0.25) is 0 Å². The second-order valence-electron chi connectivity index (χ2n) is 3.44. The second kappa shape index (κ2) is 7.25. The quantitative estimate of drug-likeness (QED) is 0.462. The third-order valence-electron chi connectivity index (χ3n) is 2.01. The summed E-state index contributed by atoms with van der Waals surface area (Å²) in [6.45, 7) is 2.72. The first-order valence-corrected chi connectivity index (χ1v) is 5.10. The van der Waals surface area contributed by atoms with Gasteiger partial charge < -0.3 is 20.1 Å². The summed E-state index contributed by atoms with van der Waals surface area (Å²) in [5.74, 6) is -3.44. The molecule has 0 aliphatic heterocycles. The van der Waals surface area contributed by atoms with Crippen LogP contribution >= 0.6 is 0 Å². The van der Waals surface area contributed by atoms with Crippen molar-refractivity contribution in [3.63, 3.8) is 0 Å². The molecule has 0 heterocycles. The Morgan fingerprint density at radius 3 is 1.28 bits per heavy atom. The fourth-order valence-electron chi connectivity index (χ4n) is 0.996. The predicted molar refractivity (Wildman–Crippen MR) is 59.2 cm³/mol. The van der Waals surface area contributed by atoms with Crippen molar-refractivity contribution in [2.24, 2.45) is 0 Å². The maximum absolute atomic E-state index is 11.3. The van der Waals surface area contributed by atoms with Crippen LogP contribution in [-0.2, 0) is 28.7 Å². The Balaban J connectivity index is 4.32. The minimum absolute atomic E-state index is 0.683. The highest BCUT2D eigenvalue weighted by Crippen LogP contribution is 1.88. The molecule has 8 heteroatoms. The third-order valence-corrected chi connectivity index (χ3v) is 2.01. The van der Waals surface area contributed by atoms with E-state index < -0.39 is 35.8 Å². The van der Waals surface area contributed by atoms with Gasteiger partial charge in [0.25, 0.3) is 0 Å². The zero-order valence-corrected chi connectivity index (χ0v) is 10.6. The number of hydrogen-bond acceptors (Lipinski definition) is 6. The van der Waals surface area contributed by atoms with E-state index in [1.165, 1.54) is 13.8 Å². The van der Waals surface area contributed by atoms with Gasteiger partial charge in [-0.15, -0.1) is 0 Å². The van der Waals surface area contributed by atoms with Crippen LogP contribution in [-0.4, -0.2) is 50.1 Å². The first-order chi connectivity index (χ1) is 8.33. The molecule has 0 saturated heterocycles. The number of ether oxygens (including phenoxy) is 2. The summed E-state index contributed by atoms with van der Waals surface area (Å²) in [6, 6.07) is -1.91. The average Bonchev–Trinajstić information content (AvgIpc) is 2.35. The molecule has 0 radical (unpaired) electrons. The molecule has 0 saturated carbocycles. The van der Waals surface area contributed by atoms with Crippen molar-refractivity contribution >= 4 is 23.8 Å². The Kier molecular flexibility index (Phi) is 6.40. The Hall–Kier alpha value is -2.12. The van der Waals surface area contributed by atoms with Gasteiger partial charge >= 0.3 is 23.8 Å². The van der Waals surface area contributed by atoms with E-state index in [9.17, 15) is 19.2 Å². The van der Waals surface area contributed by atoms with E-state index in [0.29, 0.717) is 0 Å². The number of nitrogens with one attached hydrogen (secondary N) is 2. The maximum atomic E-state index is 11.3. The van der Waals surface area contributed by atoms with Crippen molar-refractivity contribution in [2.45, 2.75) is 25.9 Å². The van der Waals surface area contributed by atoms with E-state index in [4.69, 9.17) is 0 Å². The van der Waals surface area contributed by atoms with Crippen LogP contribution in [0.25, 0.3) is 0 Å². The van der Waals surface area contributed by atoms with E-state index in [2.05, 4.69) is 20.1 Å². The lowest BCUT2D eigenvalue weighted by Gasteiger charge is -2.13. The molecule has 8 nitrogen and oxygen atoms in total. The lowest BCUT2D eigenvalue weighted by atomic mass is 10.3. The molecule has 0 aromatic heterocycles. The molecule has 0 bridgehead atoms. The van der Waals surface area contributed by atoms with E-state index in [1.54, 1.807) is 0 Å². The van der Waals surface area contributed by atoms with Gasteiger partial charge in [0, 0.05) is 0 Å². The molecule has 0 rings (SSSR count). The predicted octanol–water partition coefficient (Wildman–Crippen LogP) is -1.66. The summed E-state index contributed by atoms with van der Waals surface area (Å²) in [5.41, 5.74) is 0. The Morgan fingerprint density at radius 2 is 1.06 bits per heavy atom. The molecule has 2 N–H and O–H groups in total. The monoisotopic (exact) mass is 260 g/mol. The summed E-state index contributed by atoms with van der Waals surface area (Å²) in [4.78, 5) is 44.7. The molecular weight excluding hydrogens is 244 g/mol. The van der Waals surface area contributed by atoms with E-state index >= 15 is 0 Å². The third kappa shape index (κ3) is 4.81. The lowest BCUT2D eigenvalue weighted by Crippen LogP contribution is -2.50. The van der Waals surface area contributed by atoms with Gasteiger partial charge in [0.15, 0.2) is 0 Å². The zero-order valence-electron chi connectivity index (χ0n) is 10.6. The van der Waals surface area contributed by atoms with Crippen LogP contribution in [0.3, 0.4) is 0 Å². The van der Waals surface area contributed by atoms with Gasteiger partial charge in [-0.05, 0) is 13.8 Å². The molecule has 0 aromatic carbocycles. The summed E-state index contributed by atoms with van der Waals surface area (Å²) in [6.07, 6.45) is 0. The van der Waals surface area contributed by atoms with Gasteiger partial charge in [-0.1, -0.05) is 0 Å². The number of amides is 2. The largest absolute Gasteiger partial charge is 0.467 e. The average molecular weight is 260 g/mol. The van der Waals surface area contributed by atoms with E-state index in [-0.39, 0.29) is 0 Å². The normalized spacial score (nSPS) is 12.9. The number of hydrogen-bond donors (Lipinski definition) is 2. The van der Waals surface area contributed by atoms with Crippen LogP contribution in [0, 0.1) is 0 Å². The van der Waals surface area contributed by atoms with Gasteiger partial charge in [-0.3, -0.25) is 9.59 Å². The first kappa shape index (κ1) is 15.9. The molecule has 2 atom stereocenters. The number of carbonyl (C=O) groups is 4. The topological polar surface area (TPSA) is 111 Å². The molecule has 18 heavy (non-hydrogen) atoms. The van der Waals surface area contributed by atoms with E-state index in [1.807, 2.05) is 0 Å². The van der Waals surface area contributed by atoms with Gasteiger partial charge in [0.05, 0.1) is 14.2 Å². The van der Waals surface area contributed by atoms with Crippen LogP contribution < -0.4 is 10.6 Å². The molecule has 0 spiro atoms. The van der Waals surface area contributed by atoms with Gasteiger partial charge in [-0.2, -0.15) is 0 Å². The first-order valence-electron chi connectivity index (χ1n) is 5.10. The summed E-state index contributed by atoms with van der Waals surface area (Å²) >= 11 is 0. The lowest BCUT2D eigenvalue weighted by molar-refractivity contribution is -0.148. The summed E-state index contributed by atoms with van der Waals surface area (Å²) < 4.78 is 8.74.